The number of thiophene rings is 1. The Hall–Kier alpha value is -1.66. The van der Waals surface area contributed by atoms with Crippen molar-refractivity contribution in [3.05, 3.63) is 27.5 Å². The molecule has 0 aromatic carbocycles. The van der Waals surface area contributed by atoms with E-state index in [0.717, 1.165) is 16.5 Å². The zero-order chi connectivity index (χ0) is 15.6. The summed E-state index contributed by atoms with van der Waals surface area (Å²) in [6.07, 6.45) is 2.69. The van der Waals surface area contributed by atoms with E-state index >= 15 is 0 Å². The summed E-state index contributed by atoms with van der Waals surface area (Å²) in [6.45, 7) is 6.95. The van der Waals surface area contributed by atoms with Gasteiger partial charge in [-0.15, -0.1) is 11.3 Å². The molecule has 1 aliphatic rings. The second-order valence-electron chi connectivity index (χ2n) is 5.30. The summed E-state index contributed by atoms with van der Waals surface area (Å²) in [5.74, 6) is -1.01. The lowest BCUT2D eigenvalue weighted by atomic mass is 10.2. The predicted octanol–water partition coefficient (Wildman–Crippen LogP) is 2.40. The molecule has 0 radical (unpaired) electrons. The Morgan fingerprint density at radius 1 is 1.38 bits per heavy atom. The van der Waals surface area contributed by atoms with Crippen LogP contribution in [0.25, 0.3) is 6.08 Å². The quantitative estimate of drug-likeness (QED) is 0.871. The van der Waals surface area contributed by atoms with Crippen LogP contribution in [0.15, 0.2) is 12.1 Å². The molecule has 0 unspecified atom stereocenters. The SMILES string of the molecule is Cc1cc(C(=O)N2C[C@@H](C)O[C@@H](C)C2)sc1/C=C/C(=O)O. The number of hydrogen-bond acceptors (Lipinski definition) is 4. The molecule has 0 aliphatic carbocycles. The number of aliphatic carboxylic acids is 1. The van der Waals surface area contributed by atoms with Crippen LogP contribution in [0.3, 0.4) is 0 Å². The van der Waals surface area contributed by atoms with Crippen LogP contribution in [-0.2, 0) is 9.53 Å². The maximum atomic E-state index is 12.5. The van der Waals surface area contributed by atoms with Crippen molar-refractivity contribution in [2.45, 2.75) is 33.0 Å². The number of carbonyl (C=O) groups excluding carboxylic acids is 1. The molecule has 2 rings (SSSR count). The number of rotatable bonds is 3. The first-order valence-electron chi connectivity index (χ1n) is 6.83. The Morgan fingerprint density at radius 3 is 2.57 bits per heavy atom. The molecule has 1 N–H and O–H groups in total. The first kappa shape index (κ1) is 15.7. The molecule has 5 nitrogen and oxygen atoms in total. The lowest BCUT2D eigenvalue weighted by Gasteiger charge is -2.35. The fourth-order valence-electron chi connectivity index (χ4n) is 2.41. The summed E-state index contributed by atoms with van der Waals surface area (Å²) in [4.78, 5) is 26.3. The van der Waals surface area contributed by atoms with Gasteiger partial charge < -0.3 is 14.7 Å². The van der Waals surface area contributed by atoms with Crippen LogP contribution in [0.1, 0.15) is 34.0 Å². The number of nitrogens with zero attached hydrogens (tertiary/aromatic N) is 1. The van der Waals surface area contributed by atoms with E-state index in [1.54, 1.807) is 4.90 Å². The number of carboxylic acid groups (broad SMARTS) is 1. The third kappa shape index (κ3) is 3.92. The molecule has 0 spiro atoms. The normalized spacial score (nSPS) is 22.7. The zero-order valence-corrected chi connectivity index (χ0v) is 13.1. The monoisotopic (exact) mass is 309 g/mol. The Kier molecular flexibility index (Phi) is 4.80. The van der Waals surface area contributed by atoms with Crippen LogP contribution in [0.4, 0.5) is 0 Å². The standard InChI is InChI=1S/C15H19NO4S/c1-9-6-13(21-12(9)4-5-14(17)18)15(19)16-7-10(2)20-11(3)8-16/h4-6,10-11H,7-8H2,1-3H3,(H,17,18)/b5-4+/t10-,11+. The van der Waals surface area contributed by atoms with Crippen LogP contribution in [0.2, 0.25) is 0 Å². The lowest BCUT2D eigenvalue weighted by molar-refractivity contribution is -0.131. The number of morpholine rings is 1. The van der Waals surface area contributed by atoms with Gasteiger partial charge in [0, 0.05) is 24.0 Å². The highest BCUT2D eigenvalue weighted by Gasteiger charge is 2.27. The molecule has 1 aromatic heterocycles. The largest absolute Gasteiger partial charge is 0.478 e. The van der Waals surface area contributed by atoms with Crippen LogP contribution < -0.4 is 0 Å². The molecule has 1 saturated heterocycles. The maximum Gasteiger partial charge on any atom is 0.328 e. The van der Waals surface area contributed by atoms with Gasteiger partial charge in [-0.25, -0.2) is 4.79 Å². The highest BCUT2D eigenvalue weighted by Crippen LogP contribution is 2.25. The second kappa shape index (κ2) is 6.41. The molecular formula is C15H19NO4S. The molecule has 1 fully saturated rings. The summed E-state index contributed by atoms with van der Waals surface area (Å²) in [6, 6.07) is 1.82. The van der Waals surface area contributed by atoms with Crippen molar-refractivity contribution < 1.29 is 19.4 Å². The van der Waals surface area contributed by atoms with E-state index in [0.29, 0.717) is 18.0 Å². The van der Waals surface area contributed by atoms with E-state index in [9.17, 15) is 9.59 Å². The van der Waals surface area contributed by atoms with Gasteiger partial charge in [-0.1, -0.05) is 0 Å². The van der Waals surface area contributed by atoms with Gasteiger partial charge in [0.05, 0.1) is 17.1 Å². The number of carbonyl (C=O) groups is 2. The molecule has 1 aromatic rings. The van der Waals surface area contributed by atoms with E-state index in [4.69, 9.17) is 9.84 Å². The average Bonchev–Trinajstić information content (AvgIpc) is 2.75. The van der Waals surface area contributed by atoms with Gasteiger partial charge in [0.2, 0.25) is 0 Å². The molecule has 2 atom stereocenters. The molecule has 2 heterocycles. The fraction of sp³-hybridized carbons (Fsp3) is 0.467. The van der Waals surface area contributed by atoms with Crippen LogP contribution in [0.5, 0.6) is 0 Å². The third-order valence-electron chi connectivity index (χ3n) is 3.25. The highest BCUT2D eigenvalue weighted by atomic mass is 32.1. The minimum absolute atomic E-state index is 0.0138. The summed E-state index contributed by atoms with van der Waals surface area (Å²) in [7, 11) is 0. The van der Waals surface area contributed by atoms with Crippen molar-refractivity contribution in [2.24, 2.45) is 0 Å². The van der Waals surface area contributed by atoms with Gasteiger partial charge in [0.1, 0.15) is 0 Å². The van der Waals surface area contributed by atoms with Crippen LogP contribution in [-0.4, -0.2) is 47.2 Å². The highest BCUT2D eigenvalue weighted by molar-refractivity contribution is 7.15. The molecular weight excluding hydrogens is 290 g/mol. The van der Waals surface area contributed by atoms with Crippen LogP contribution in [0, 0.1) is 6.92 Å². The number of amides is 1. The van der Waals surface area contributed by atoms with Gasteiger partial charge in [-0.2, -0.15) is 0 Å². The lowest BCUT2D eigenvalue weighted by Crippen LogP contribution is -2.48. The topological polar surface area (TPSA) is 66.8 Å². The average molecular weight is 309 g/mol. The summed E-state index contributed by atoms with van der Waals surface area (Å²) < 4.78 is 5.63. The van der Waals surface area contributed by atoms with Crippen molar-refractivity contribution in [1.29, 1.82) is 0 Å². The molecule has 1 aliphatic heterocycles. The Balaban J connectivity index is 2.16. The van der Waals surface area contributed by atoms with E-state index < -0.39 is 5.97 Å². The van der Waals surface area contributed by atoms with Gasteiger partial charge >= 0.3 is 5.97 Å². The van der Waals surface area contributed by atoms with Crippen LogP contribution >= 0.6 is 11.3 Å². The number of carboxylic acids is 1. The minimum Gasteiger partial charge on any atom is -0.478 e. The van der Waals surface area contributed by atoms with E-state index in [1.165, 1.54) is 17.4 Å². The van der Waals surface area contributed by atoms with Gasteiger partial charge in [0.25, 0.3) is 5.91 Å². The molecule has 6 heteroatoms. The molecule has 114 valence electrons. The Labute approximate surface area is 127 Å². The van der Waals surface area contributed by atoms with Gasteiger partial charge in [0.15, 0.2) is 0 Å². The molecule has 0 saturated carbocycles. The molecule has 0 bridgehead atoms. The minimum atomic E-state index is -0.994. The van der Waals surface area contributed by atoms with Gasteiger partial charge in [-0.05, 0) is 38.5 Å². The second-order valence-corrected chi connectivity index (χ2v) is 6.38. The summed E-state index contributed by atoms with van der Waals surface area (Å²) >= 11 is 1.32. The van der Waals surface area contributed by atoms with E-state index in [2.05, 4.69) is 0 Å². The van der Waals surface area contributed by atoms with Crippen molar-refractivity contribution in [3.8, 4) is 0 Å². The van der Waals surface area contributed by atoms with Crippen molar-refractivity contribution >= 4 is 29.3 Å². The zero-order valence-electron chi connectivity index (χ0n) is 12.3. The number of aryl methyl sites for hydroxylation is 1. The predicted molar refractivity (Wildman–Crippen MR) is 81.6 cm³/mol. The van der Waals surface area contributed by atoms with Crippen molar-refractivity contribution in [1.82, 2.24) is 4.90 Å². The smallest absolute Gasteiger partial charge is 0.328 e. The third-order valence-corrected chi connectivity index (χ3v) is 4.44. The van der Waals surface area contributed by atoms with Gasteiger partial charge in [-0.3, -0.25) is 4.79 Å². The Bertz CT molecular complexity index is 568. The number of hydrogen-bond donors (Lipinski definition) is 1. The van der Waals surface area contributed by atoms with E-state index in [1.807, 2.05) is 26.8 Å². The molecule has 21 heavy (non-hydrogen) atoms. The summed E-state index contributed by atoms with van der Waals surface area (Å²) in [5, 5.41) is 8.67. The number of ether oxygens (including phenoxy) is 1. The van der Waals surface area contributed by atoms with E-state index in [-0.39, 0.29) is 18.1 Å². The summed E-state index contributed by atoms with van der Waals surface area (Å²) in [5.41, 5.74) is 0.912. The maximum absolute atomic E-state index is 12.5. The van der Waals surface area contributed by atoms with Crippen molar-refractivity contribution in [2.75, 3.05) is 13.1 Å². The van der Waals surface area contributed by atoms with Crippen molar-refractivity contribution in [3.63, 3.8) is 0 Å². The first-order chi connectivity index (χ1) is 9.86. The molecule has 1 amide bonds. The Morgan fingerprint density at radius 2 is 2.00 bits per heavy atom. The fourth-order valence-corrected chi connectivity index (χ4v) is 3.46. The first-order valence-corrected chi connectivity index (χ1v) is 7.64.